The molecule has 0 N–H and O–H groups in total. The Morgan fingerprint density at radius 1 is 0.919 bits per heavy atom. The lowest BCUT2D eigenvalue weighted by atomic mass is 9.98. The van der Waals surface area contributed by atoms with Gasteiger partial charge in [0.05, 0.1) is 23.8 Å². The molecule has 1 saturated heterocycles. The molecule has 2 aromatic carbocycles. The van der Waals surface area contributed by atoms with Crippen LogP contribution in [0.15, 0.2) is 82.6 Å². The number of benzene rings is 2. The molecule has 37 heavy (non-hydrogen) atoms. The summed E-state index contributed by atoms with van der Waals surface area (Å²) >= 11 is 1.30. The van der Waals surface area contributed by atoms with Crippen molar-refractivity contribution in [3.63, 3.8) is 0 Å². The third-order valence-electron chi connectivity index (χ3n) is 6.97. The summed E-state index contributed by atoms with van der Waals surface area (Å²) in [7, 11) is 1.69. The molecule has 0 bridgehead atoms. The second-order valence-electron chi connectivity index (χ2n) is 9.15. The fourth-order valence-electron chi connectivity index (χ4n) is 5.14. The second-order valence-corrected chi connectivity index (χ2v) is 10.1. The molecule has 10 heteroatoms. The number of hydrogen-bond donors (Lipinski definition) is 0. The quantitative estimate of drug-likeness (QED) is 0.361. The molecule has 0 unspecified atom stereocenters. The summed E-state index contributed by atoms with van der Waals surface area (Å²) in [6.45, 7) is 2.32. The van der Waals surface area contributed by atoms with E-state index in [0.717, 1.165) is 15.7 Å². The van der Waals surface area contributed by atoms with E-state index >= 15 is 0 Å². The van der Waals surface area contributed by atoms with Gasteiger partial charge in [-0.1, -0.05) is 72.0 Å². The Hall–Kier alpha value is -4.31. The van der Waals surface area contributed by atoms with E-state index in [2.05, 4.69) is 10.2 Å². The van der Waals surface area contributed by atoms with Crippen LogP contribution in [0.3, 0.4) is 0 Å². The van der Waals surface area contributed by atoms with Gasteiger partial charge in [0.15, 0.2) is 0 Å². The van der Waals surface area contributed by atoms with E-state index in [1.54, 1.807) is 28.9 Å². The van der Waals surface area contributed by atoms with Crippen molar-refractivity contribution in [3.05, 3.63) is 111 Å². The van der Waals surface area contributed by atoms with Crippen LogP contribution in [0, 0.1) is 6.92 Å². The van der Waals surface area contributed by atoms with E-state index in [9.17, 15) is 14.4 Å². The highest BCUT2D eigenvalue weighted by molar-refractivity contribution is 7.21. The van der Waals surface area contributed by atoms with Gasteiger partial charge in [-0.2, -0.15) is 10.2 Å². The Labute approximate surface area is 215 Å². The Kier molecular flexibility index (Phi) is 5.60. The molecule has 186 valence electrons. The third-order valence-corrected chi connectivity index (χ3v) is 8.22. The van der Waals surface area contributed by atoms with E-state index in [4.69, 9.17) is 0 Å². The van der Waals surface area contributed by atoms with Gasteiger partial charge in [-0.15, -0.1) is 4.80 Å². The summed E-state index contributed by atoms with van der Waals surface area (Å²) in [5.74, 6) is -0.233. The number of rotatable bonds is 5. The lowest BCUT2D eigenvalue weighted by molar-refractivity contribution is -0.129. The molecule has 1 aliphatic heterocycles. The zero-order chi connectivity index (χ0) is 25.7. The van der Waals surface area contributed by atoms with Crippen LogP contribution in [-0.4, -0.2) is 48.5 Å². The van der Waals surface area contributed by atoms with Crippen LogP contribution >= 0.6 is 11.3 Å². The Morgan fingerprint density at radius 2 is 1.51 bits per heavy atom. The lowest BCUT2D eigenvalue weighted by Crippen LogP contribution is -2.45. The number of likely N-dealkylation sites (N-methyl/N-ethyl adjacent to an activating group) is 1. The molecule has 9 nitrogen and oxygen atoms in total. The number of nitrogens with zero attached hydrogens (tertiary/aromatic N) is 6. The molecule has 6 rings (SSSR count). The number of likely N-dealkylation sites (tertiary alicyclic amines) is 1. The molecule has 1 aliphatic rings. The molecule has 0 radical (unpaired) electrons. The molecule has 0 spiro atoms. The summed E-state index contributed by atoms with van der Waals surface area (Å²) in [5.41, 5.74) is 1.48. The molecule has 1 amide bonds. The van der Waals surface area contributed by atoms with Crippen molar-refractivity contribution in [2.24, 2.45) is 0 Å². The van der Waals surface area contributed by atoms with Crippen molar-refractivity contribution in [2.45, 2.75) is 25.4 Å². The number of carbonyl (C=O) groups excluding carboxylic acids is 1. The van der Waals surface area contributed by atoms with Crippen molar-refractivity contribution in [3.8, 4) is 5.00 Å². The van der Waals surface area contributed by atoms with Gasteiger partial charge in [0, 0.05) is 19.2 Å². The number of aromatic nitrogens is 5. The predicted molar refractivity (Wildman–Crippen MR) is 141 cm³/mol. The van der Waals surface area contributed by atoms with Crippen LogP contribution in [0.2, 0.25) is 0 Å². The van der Waals surface area contributed by atoms with Crippen LogP contribution in [-0.2, 0) is 4.79 Å². The minimum absolute atomic E-state index is 0.233. The predicted octanol–water partition coefficient (Wildman–Crippen LogP) is 3.15. The van der Waals surface area contributed by atoms with Gasteiger partial charge < -0.3 is 4.90 Å². The van der Waals surface area contributed by atoms with Gasteiger partial charge in [0.2, 0.25) is 5.91 Å². The fraction of sp³-hybridized carbons (Fsp3) is 0.222. The SMILES string of the molecule is Cc1c(-n2nccn2)sc2c1c(=O)n([C@H]1CCN(C)C1=O)c(=O)n2C(c1ccccc1)c1ccccc1. The zero-order valence-corrected chi connectivity index (χ0v) is 21.1. The van der Waals surface area contributed by atoms with Gasteiger partial charge in [0.25, 0.3) is 5.56 Å². The van der Waals surface area contributed by atoms with Gasteiger partial charge in [0.1, 0.15) is 15.9 Å². The van der Waals surface area contributed by atoms with E-state index in [0.29, 0.717) is 33.7 Å². The van der Waals surface area contributed by atoms with Gasteiger partial charge in [-0.05, 0) is 24.5 Å². The van der Waals surface area contributed by atoms with Crippen molar-refractivity contribution >= 4 is 27.5 Å². The number of carbonyl (C=O) groups is 1. The number of thiophene rings is 1. The van der Waals surface area contributed by atoms with Crippen LogP contribution in [0.25, 0.3) is 15.2 Å². The van der Waals surface area contributed by atoms with E-state index in [-0.39, 0.29) is 5.91 Å². The largest absolute Gasteiger partial charge is 0.344 e. The number of aryl methyl sites for hydroxylation is 1. The standard InChI is InChI=1S/C27H24N6O3S/c1-17-21-24(35)31(20-13-16-30(2)23(20)34)27(36)32(26(21)37-25(17)33-28-14-15-29-33)22(18-9-5-3-6-10-18)19-11-7-4-8-12-19/h3-12,14-15,20,22H,13,16H2,1-2H3/t20-/m0/s1. The molecular formula is C27H24N6O3S. The highest BCUT2D eigenvalue weighted by atomic mass is 32.1. The van der Waals surface area contributed by atoms with Crippen molar-refractivity contribution in [2.75, 3.05) is 13.6 Å². The molecule has 1 atom stereocenters. The minimum Gasteiger partial charge on any atom is -0.344 e. The minimum atomic E-state index is -0.849. The smallest absolute Gasteiger partial charge is 0.333 e. The van der Waals surface area contributed by atoms with Crippen molar-refractivity contribution in [1.82, 2.24) is 29.0 Å². The Bertz CT molecular complexity index is 1680. The molecule has 0 saturated carbocycles. The van der Waals surface area contributed by atoms with Crippen LogP contribution in [0.1, 0.15) is 35.2 Å². The first-order valence-corrected chi connectivity index (χ1v) is 12.8. The normalized spacial score (nSPS) is 15.8. The topological polar surface area (TPSA) is 95.0 Å². The summed E-state index contributed by atoms with van der Waals surface area (Å²) in [6.07, 6.45) is 3.53. The maximum absolute atomic E-state index is 14.4. The molecular weight excluding hydrogens is 488 g/mol. The molecule has 3 aromatic heterocycles. The summed E-state index contributed by atoms with van der Waals surface area (Å²) < 4.78 is 2.82. The first kappa shape index (κ1) is 23.1. The van der Waals surface area contributed by atoms with Gasteiger partial charge in [-0.3, -0.25) is 14.2 Å². The summed E-state index contributed by atoms with van der Waals surface area (Å²) in [6, 6.07) is 18.1. The summed E-state index contributed by atoms with van der Waals surface area (Å²) in [4.78, 5) is 44.9. The zero-order valence-electron chi connectivity index (χ0n) is 20.3. The average molecular weight is 513 g/mol. The Balaban J connectivity index is 1.75. The Morgan fingerprint density at radius 3 is 2.05 bits per heavy atom. The second kappa shape index (κ2) is 8.97. The lowest BCUT2D eigenvalue weighted by Gasteiger charge is -2.24. The highest BCUT2D eigenvalue weighted by Gasteiger charge is 2.36. The number of fused-ring (bicyclic) bond motifs is 1. The van der Waals surface area contributed by atoms with E-state index in [1.807, 2.05) is 67.6 Å². The molecule has 1 fully saturated rings. The molecule has 0 aliphatic carbocycles. The number of hydrogen-bond acceptors (Lipinski definition) is 6. The monoisotopic (exact) mass is 512 g/mol. The highest BCUT2D eigenvalue weighted by Crippen LogP contribution is 2.35. The first-order valence-electron chi connectivity index (χ1n) is 12.0. The summed E-state index contributed by atoms with van der Waals surface area (Å²) in [5, 5.41) is 9.58. The first-order chi connectivity index (χ1) is 18.0. The van der Waals surface area contributed by atoms with E-state index in [1.165, 1.54) is 16.1 Å². The van der Waals surface area contributed by atoms with Crippen LogP contribution in [0.4, 0.5) is 0 Å². The van der Waals surface area contributed by atoms with Crippen molar-refractivity contribution < 1.29 is 4.79 Å². The molecule has 5 aromatic rings. The third kappa shape index (κ3) is 3.63. The van der Waals surface area contributed by atoms with Gasteiger partial charge in [-0.25, -0.2) is 9.36 Å². The van der Waals surface area contributed by atoms with Crippen LogP contribution in [0.5, 0.6) is 0 Å². The van der Waals surface area contributed by atoms with Gasteiger partial charge >= 0.3 is 5.69 Å². The maximum atomic E-state index is 14.4. The van der Waals surface area contributed by atoms with E-state index < -0.39 is 23.3 Å². The van der Waals surface area contributed by atoms with Crippen molar-refractivity contribution in [1.29, 1.82) is 0 Å². The fourth-order valence-corrected chi connectivity index (χ4v) is 6.38. The average Bonchev–Trinajstić information content (AvgIpc) is 3.64. The van der Waals surface area contributed by atoms with Crippen LogP contribution < -0.4 is 11.2 Å². The number of amides is 1. The maximum Gasteiger partial charge on any atom is 0.333 e. The molecule has 4 heterocycles.